The molecule has 18 heavy (non-hydrogen) atoms. The summed E-state index contributed by atoms with van der Waals surface area (Å²) in [5.74, 6) is -0.264. The zero-order chi connectivity index (χ0) is 13.2. The Morgan fingerprint density at radius 2 is 1.83 bits per heavy atom. The van der Waals surface area contributed by atoms with E-state index in [0.717, 1.165) is 11.1 Å². The molecule has 0 aliphatic carbocycles. The van der Waals surface area contributed by atoms with Crippen LogP contribution in [0.2, 0.25) is 5.02 Å². The number of halogens is 2. The van der Waals surface area contributed by atoms with E-state index in [-0.39, 0.29) is 5.82 Å². The molecule has 0 spiro atoms. The zero-order valence-corrected chi connectivity index (χ0v) is 10.9. The molecular formula is C15H15ClFN. The highest BCUT2D eigenvalue weighted by Crippen LogP contribution is 2.24. The Kier molecular flexibility index (Phi) is 3.69. The topological polar surface area (TPSA) is 26.0 Å². The van der Waals surface area contributed by atoms with Gasteiger partial charge in [-0.15, -0.1) is 0 Å². The van der Waals surface area contributed by atoms with Crippen LogP contribution in [-0.4, -0.2) is 0 Å². The molecule has 0 radical (unpaired) electrons. The summed E-state index contributed by atoms with van der Waals surface area (Å²) in [5, 5.41) is 0.697. The van der Waals surface area contributed by atoms with Crippen LogP contribution < -0.4 is 5.73 Å². The molecule has 0 aliphatic heterocycles. The predicted octanol–water partition coefficient (Wildman–Crippen LogP) is 3.90. The van der Waals surface area contributed by atoms with Crippen LogP contribution in [0.25, 0.3) is 0 Å². The lowest BCUT2D eigenvalue weighted by molar-refractivity contribution is 0.486. The van der Waals surface area contributed by atoms with Crippen LogP contribution in [0.15, 0.2) is 48.5 Å². The van der Waals surface area contributed by atoms with Gasteiger partial charge in [0.2, 0.25) is 0 Å². The minimum Gasteiger partial charge on any atom is -0.321 e. The molecule has 0 saturated heterocycles. The first-order chi connectivity index (χ1) is 8.47. The number of nitrogens with two attached hydrogens (primary N) is 1. The molecule has 2 aromatic carbocycles. The van der Waals surface area contributed by atoms with Crippen LogP contribution in [0.4, 0.5) is 4.39 Å². The van der Waals surface area contributed by atoms with Crippen molar-refractivity contribution in [2.75, 3.05) is 0 Å². The minimum atomic E-state index is -0.601. The van der Waals surface area contributed by atoms with Crippen LogP contribution in [0.3, 0.4) is 0 Å². The van der Waals surface area contributed by atoms with Gasteiger partial charge in [-0.1, -0.05) is 35.9 Å². The van der Waals surface area contributed by atoms with Gasteiger partial charge in [0.05, 0.1) is 0 Å². The molecule has 1 nitrogen and oxygen atoms in total. The molecule has 1 unspecified atom stereocenters. The molecular weight excluding hydrogens is 249 g/mol. The third-order valence-electron chi connectivity index (χ3n) is 2.97. The van der Waals surface area contributed by atoms with Crippen LogP contribution in [0.1, 0.15) is 18.1 Å². The van der Waals surface area contributed by atoms with E-state index in [2.05, 4.69) is 0 Å². The van der Waals surface area contributed by atoms with E-state index in [1.165, 1.54) is 12.1 Å². The fourth-order valence-electron chi connectivity index (χ4n) is 1.97. The highest BCUT2D eigenvalue weighted by Gasteiger charge is 2.22. The monoisotopic (exact) mass is 263 g/mol. The Balaban J connectivity index is 2.23. The van der Waals surface area contributed by atoms with Gasteiger partial charge in [-0.05, 0) is 48.7 Å². The number of hydrogen-bond donors (Lipinski definition) is 1. The van der Waals surface area contributed by atoms with Gasteiger partial charge in [0, 0.05) is 10.6 Å². The molecule has 0 aromatic heterocycles. The maximum atomic E-state index is 13.2. The Morgan fingerprint density at radius 1 is 1.17 bits per heavy atom. The van der Waals surface area contributed by atoms with Crippen molar-refractivity contribution < 1.29 is 4.39 Å². The normalized spacial score (nSPS) is 14.2. The lowest BCUT2D eigenvalue weighted by Gasteiger charge is -2.25. The molecule has 0 bridgehead atoms. The van der Waals surface area contributed by atoms with E-state index < -0.39 is 5.54 Å². The summed E-state index contributed by atoms with van der Waals surface area (Å²) in [6, 6.07) is 14.0. The Bertz CT molecular complexity index is 534. The van der Waals surface area contributed by atoms with E-state index >= 15 is 0 Å². The van der Waals surface area contributed by atoms with Crippen LogP contribution in [0.5, 0.6) is 0 Å². The second kappa shape index (κ2) is 5.09. The lowest BCUT2D eigenvalue weighted by Crippen LogP contribution is -2.35. The van der Waals surface area contributed by atoms with Crippen LogP contribution in [-0.2, 0) is 12.0 Å². The van der Waals surface area contributed by atoms with Gasteiger partial charge in [0.25, 0.3) is 0 Å². The molecule has 0 amide bonds. The van der Waals surface area contributed by atoms with Crippen molar-refractivity contribution in [2.45, 2.75) is 18.9 Å². The fourth-order valence-corrected chi connectivity index (χ4v) is 2.10. The van der Waals surface area contributed by atoms with Crippen LogP contribution >= 0.6 is 11.6 Å². The molecule has 3 heteroatoms. The Morgan fingerprint density at radius 3 is 2.44 bits per heavy atom. The highest BCUT2D eigenvalue weighted by molar-refractivity contribution is 6.30. The largest absolute Gasteiger partial charge is 0.321 e. The molecule has 2 rings (SSSR count). The fraction of sp³-hybridized carbons (Fsp3) is 0.200. The summed E-state index contributed by atoms with van der Waals surface area (Å²) in [6.07, 6.45) is 0.633. The van der Waals surface area contributed by atoms with Crippen molar-refractivity contribution in [1.82, 2.24) is 0 Å². The summed E-state index contributed by atoms with van der Waals surface area (Å²) in [4.78, 5) is 0. The third-order valence-corrected chi connectivity index (χ3v) is 3.22. The summed E-state index contributed by atoms with van der Waals surface area (Å²) in [5.41, 5.74) is 7.54. The Labute approximate surface area is 111 Å². The van der Waals surface area contributed by atoms with Gasteiger partial charge >= 0.3 is 0 Å². The highest BCUT2D eigenvalue weighted by atomic mass is 35.5. The summed E-state index contributed by atoms with van der Waals surface area (Å²) in [7, 11) is 0. The number of benzene rings is 2. The van der Waals surface area contributed by atoms with Crippen molar-refractivity contribution in [1.29, 1.82) is 0 Å². The molecule has 2 N–H and O–H groups in total. The average molecular weight is 264 g/mol. The molecule has 0 aliphatic rings. The first-order valence-electron chi connectivity index (χ1n) is 5.77. The van der Waals surface area contributed by atoms with Crippen molar-refractivity contribution in [2.24, 2.45) is 5.73 Å². The summed E-state index contributed by atoms with van der Waals surface area (Å²) >= 11 is 5.84. The smallest absolute Gasteiger partial charge is 0.123 e. The van der Waals surface area contributed by atoms with Gasteiger partial charge in [-0.25, -0.2) is 4.39 Å². The summed E-state index contributed by atoms with van der Waals surface area (Å²) in [6.45, 7) is 1.90. The first kappa shape index (κ1) is 13.1. The van der Waals surface area contributed by atoms with E-state index in [9.17, 15) is 4.39 Å². The van der Waals surface area contributed by atoms with Crippen molar-refractivity contribution in [3.05, 3.63) is 70.5 Å². The van der Waals surface area contributed by atoms with E-state index in [1.807, 2.05) is 37.3 Å². The van der Waals surface area contributed by atoms with Crippen molar-refractivity contribution in [3.8, 4) is 0 Å². The van der Waals surface area contributed by atoms with Gasteiger partial charge in [0.15, 0.2) is 0 Å². The average Bonchev–Trinajstić information content (AvgIpc) is 2.32. The lowest BCUT2D eigenvalue weighted by atomic mass is 9.86. The van der Waals surface area contributed by atoms with E-state index in [1.54, 1.807) is 6.07 Å². The van der Waals surface area contributed by atoms with Gasteiger partial charge in [0.1, 0.15) is 5.82 Å². The maximum absolute atomic E-state index is 13.2. The Hall–Kier alpha value is -1.38. The van der Waals surface area contributed by atoms with Gasteiger partial charge in [-0.3, -0.25) is 0 Å². The van der Waals surface area contributed by atoms with Crippen LogP contribution in [0, 0.1) is 5.82 Å². The number of rotatable bonds is 3. The molecule has 94 valence electrons. The van der Waals surface area contributed by atoms with Crippen molar-refractivity contribution in [3.63, 3.8) is 0 Å². The number of hydrogen-bond acceptors (Lipinski definition) is 1. The third kappa shape index (κ3) is 3.09. The SMILES string of the molecule is CC(N)(Cc1ccc(Cl)cc1)c1cccc(F)c1. The molecule has 0 saturated carbocycles. The van der Waals surface area contributed by atoms with E-state index in [4.69, 9.17) is 17.3 Å². The quantitative estimate of drug-likeness (QED) is 0.893. The molecule has 0 heterocycles. The molecule has 2 aromatic rings. The standard InChI is InChI=1S/C15H15ClFN/c1-15(18,12-3-2-4-14(17)9-12)10-11-5-7-13(16)8-6-11/h2-9H,10,18H2,1H3. The second-order valence-electron chi connectivity index (χ2n) is 4.73. The second-order valence-corrected chi connectivity index (χ2v) is 5.17. The minimum absolute atomic E-state index is 0.264. The zero-order valence-electron chi connectivity index (χ0n) is 10.2. The van der Waals surface area contributed by atoms with Gasteiger partial charge < -0.3 is 5.73 Å². The molecule has 1 atom stereocenters. The predicted molar refractivity (Wildman–Crippen MR) is 73.1 cm³/mol. The maximum Gasteiger partial charge on any atom is 0.123 e. The molecule has 0 fully saturated rings. The van der Waals surface area contributed by atoms with E-state index in [0.29, 0.717) is 11.4 Å². The van der Waals surface area contributed by atoms with Gasteiger partial charge in [-0.2, -0.15) is 0 Å². The van der Waals surface area contributed by atoms with Crippen molar-refractivity contribution >= 4 is 11.6 Å². The summed E-state index contributed by atoms with van der Waals surface area (Å²) < 4.78 is 13.2. The first-order valence-corrected chi connectivity index (χ1v) is 6.14.